The van der Waals surface area contributed by atoms with E-state index in [1.54, 1.807) is 15.9 Å². The van der Waals surface area contributed by atoms with E-state index in [0.717, 1.165) is 126 Å². The van der Waals surface area contributed by atoms with E-state index in [2.05, 4.69) is 331 Å². The molecule has 2 aliphatic rings. The summed E-state index contributed by atoms with van der Waals surface area (Å²) < 4.78 is 81.8. The molecule has 0 amide bonds. The molecule has 16 aromatic rings. The standard InChI is InChI=1S/C98H89BN4S/c1-94(2,3)64-34-26-33-62(51-64)63-43-47-78-86(52-63)103(91-74(60-29-18-16-19-30-60)55-67(97(10,11)12)56-75(91)61-31-20-17-21-32-61)89-58-68(98(13,14)15)57-88-90(89)99(78)79-48-46-69(100-80-39-24-22-35-70(80)71-36-23-25-40-81(71)100)59-87(79)102(88)85-42-28-38-73-72-37-27-41-84(92(72)104-93(73)85)101-82-49-44-65(95(4,5)6)53-76(82)77-54-66(96(7,8)9)45-50-83(77)101/h16-59H,1-15H3/i22D,23D,24D,25D,35D,36D,39D,40D. The fourth-order valence-electron chi connectivity index (χ4n) is 16.4. The van der Waals surface area contributed by atoms with Gasteiger partial charge in [0.25, 0.3) is 6.71 Å². The molecule has 5 heterocycles. The lowest BCUT2D eigenvalue weighted by Crippen LogP contribution is -2.61. The highest BCUT2D eigenvalue weighted by Crippen LogP contribution is 2.55. The summed E-state index contributed by atoms with van der Waals surface area (Å²) in [6, 6.07) is 77.9. The van der Waals surface area contributed by atoms with Crippen LogP contribution in [-0.2, 0) is 27.1 Å². The molecule has 13 aromatic carbocycles. The quantitative estimate of drug-likeness (QED) is 0.148. The molecule has 0 N–H and O–H groups in total. The van der Waals surface area contributed by atoms with Crippen molar-refractivity contribution in [1.82, 2.24) is 9.13 Å². The van der Waals surface area contributed by atoms with Crippen molar-refractivity contribution in [2.45, 2.75) is 131 Å². The van der Waals surface area contributed by atoms with E-state index < -0.39 is 36.3 Å². The summed E-state index contributed by atoms with van der Waals surface area (Å²) in [5.74, 6) is 0. The Morgan fingerprint density at radius 1 is 0.298 bits per heavy atom. The van der Waals surface area contributed by atoms with Gasteiger partial charge in [-0.05, 0) is 184 Å². The molecule has 4 nitrogen and oxygen atoms in total. The van der Waals surface area contributed by atoms with Crippen LogP contribution in [0.1, 0.15) is 143 Å². The largest absolute Gasteiger partial charge is 0.310 e. The molecular formula is C98H89BN4S. The van der Waals surface area contributed by atoms with Crippen molar-refractivity contribution < 1.29 is 11.0 Å². The molecule has 104 heavy (non-hydrogen) atoms. The highest BCUT2D eigenvalue weighted by molar-refractivity contribution is 7.27. The molecule has 510 valence electrons. The molecule has 0 bridgehead atoms. The molecule has 0 aliphatic carbocycles. The summed E-state index contributed by atoms with van der Waals surface area (Å²) in [7, 11) is 0. The Morgan fingerprint density at radius 3 is 1.30 bits per heavy atom. The average molecular weight is 1370 g/mol. The number of hydrogen-bond donors (Lipinski definition) is 0. The maximum atomic E-state index is 9.83. The number of hydrogen-bond acceptors (Lipinski definition) is 3. The van der Waals surface area contributed by atoms with Gasteiger partial charge in [0.05, 0.1) is 59.5 Å². The van der Waals surface area contributed by atoms with Crippen molar-refractivity contribution in [2.24, 2.45) is 0 Å². The highest BCUT2D eigenvalue weighted by Gasteiger charge is 2.46. The predicted octanol–water partition coefficient (Wildman–Crippen LogP) is 25.8. The Morgan fingerprint density at radius 2 is 0.750 bits per heavy atom. The fourth-order valence-corrected chi connectivity index (χ4v) is 17.7. The van der Waals surface area contributed by atoms with Gasteiger partial charge >= 0.3 is 0 Å². The first-order valence-electron chi connectivity index (χ1n) is 40.6. The van der Waals surface area contributed by atoms with Crippen LogP contribution in [0.15, 0.2) is 267 Å². The van der Waals surface area contributed by atoms with Crippen LogP contribution in [0.4, 0.5) is 34.1 Å². The summed E-state index contributed by atoms with van der Waals surface area (Å²) in [6.07, 6.45) is 0. The molecular weight excluding hydrogens is 1280 g/mol. The maximum absolute atomic E-state index is 9.83. The van der Waals surface area contributed by atoms with Gasteiger partial charge in [0, 0.05) is 71.9 Å². The van der Waals surface area contributed by atoms with Gasteiger partial charge in [0.2, 0.25) is 0 Å². The van der Waals surface area contributed by atoms with Crippen LogP contribution in [0, 0.1) is 0 Å². The van der Waals surface area contributed by atoms with Gasteiger partial charge < -0.3 is 18.9 Å². The Balaban J connectivity index is 0.999. The monoisotopic (exact) mass is 1370 g/mol. The second-order valence-electron chi connectivity index (χ2n) is 34.0. The first-order valence-corrected chi connectivity index (χ1v) is 37.4. The van der Waals surface area contributed by atoms with E-state index in [9.17, 15) is 8.22 Å². The zero-order valence-corrected chi connectivity index (χ0v) is 62.9. The van der Waals surface area contributed by atoms with Crippen molar-refractivity contribution in [1.29, 1.82) is 0 Å². The number of para-hydroxylation sites is 2. The zero-order chi connectivity index (χ0) is 78.8. The van der Waals surface area contributed by atoms with E-state index in [1.165, 1.54) is 33.0 Å². The first-order chi connectivity index (χ1) is 53.1. The van der Waals surface area contributed by atoms with E-state index in [1.807, 2.05) is 6.07 Å². The van der Waals surface area contributed by atoms with Crippen LogP contribution < -0.4 is 26.2 Å². The van der Waals surface area contributed by atoms with Crippen LogP contribution in [0.3, 0.4) is 0 Å². The van der Waals surface area contributed by atoms with E-state index >= 15 is 0 Å². The minimum absolute atomic E-state index is 0.0242. The summed E-state index contributed by atoms with van der Waals surface area (Å²) in [5, 5.41) is 4.65. The third-order valence-electron chi connectivity index (χ3n) is 22.1. The Kier molecular flexibility index (Phi) is 12.8. The van der Waals surface area contributed by atoms with Crippen molar-refractivity contribution in [3.8, 4) is 44.8 Å². The Labute approximate surface area is 628 Å². The molecule has 0 saturated carbocycles. The number of rotatable bonds is 7. The fraction of sp³-hybridized carbons (Fsp3) is 0.204. The topological polar surface area (TPSA) is 16.3 Å². The summed E-state index contributed by atoms with van der Waals surface area (Å²) in [6.45, 7) is 33.9. The van der Waals surface area contributed by atoms with Crippen molar-refractivity contribution >= 4 is 132 Å². The summed E-state index contributed by atoms with van der Waals surface area (Å²) in [4.78, 5) is 5.06. The molecule has 0 spiro atoms. The van der Waals surface area contributed by atoms with Gasteiger partial charge in [-0.15, -0.1) is 11.3 Å². The molecule has 18 rings (SSSR count). The lowest BCUT2D eigenvalue weighted by molar-refractivity contribution is 0.590. The number of fused-ring (bicyclic) bond motifs is 13. The third-order valence-corrected chi connectivity index (χ3v) is 23.4. The molecule has 3 aromatic heterocycles. The van der Waals surface area contributed by atoms with Gasteiger partial charge in [-0.1, -0.05) is 280 Å². The van der Waals surface area contributed by atoms with Crippen LogP contribution in [0.2, 0.25) is 0 Å². The Bertz CT molecular complexity index is 6500. The SMILES string of the molecule is [2H]c1c([2H])c([2H])c2c(c1[2H])c1c([2H])c([2H])c([2H])c([2H])c1n2-c1ccc2c(c1)N(c1cccc3c1sc1c(-n4c5ccc(C(C)(C)C)cc5c5cc(C(C)(C)C)ccc54)cccc13)c1cc(C(C)(C)C)cc3c1B2c1ccc(-c2cccc(C(C)(C)C)c2)cc1N3c1c(-c2ccccc2)cc(C(C)(C)C)cc1-c1ccccc1. The minimum atomic E-state index is -0.489. The number of nitrogens with zero attached hydrogens (tertiary/aromatic N) is 4. The van der Waals surface area contributed by atoms with E-state index in [-0.39, 0.29) is 67.6 Å². The van der Waals surface area contributed by atoms with Gasteiger partial charge in [-0.25, -0.2) is 0 Å². The number of anilines is 6. The number of aromatic nitrogens is 2. The lowest BCUT2D eigenvalue weighted by atomic mass is 9.33. The van der Waals surface area contributed by atoms with Gasteiger partial charge in [-0.3, -0.25) is 0 Å². The van der Waals surface area contributed by atoms with Gasteiger partial charge in [0.15, 0.2) is 0 Å². The third kappa shape index (κ3) is 10.4. The summed E-state index contributed by atoms with van der Waals surface area (Å²) in [5.41, 5.74) is 24.3. The molecule has 2 aliphatic heterocycles. The molecule has 6 heteroatoms. The minimum Gasteiger partial charge on any atom is -0.310 e. The molecule has 0 fully saturated rings. The lowest BCUT2D eigenvalue weighted by Gasteiger charge is -2.46. The average Bonchev–Trinajstić information content (AvgIpc) is 1.36. The van der Waals surface area contributed by atoms with Crippen molar-refractivity contribution in [2.75, 3.05) is 9.80 Å². The maximum Gasteiger partial charge on any atom is 0.252 e. The van der Waals surface area contributed by atoms with E-state index in [4.69, 9.17) is 2.74 Å². The normalized spacial score (nSPS) is 14.5. The van der Waals surface area contributed by atoms with Crippen molar-refractivity contribution in [3.05, 3.63) is 295 Å². The van der Waals surface area contributed by atoms with Gasteiger partial charge in [-0.2, -0.15) is 0 Å². The second kappa shape index (κ2) is 23.4. The van der Waals surface area contributed by atoms with Crippen LogP contribution in [0.25, 0.3) is 109 Å². The first kappa shape index (κ1) is 56.8. The smallest absolute Gasteiger partial charge is 0.252 e. The molecule has 0 saturated heterocycles. The van der Waals surface area contributed by atoms with Gasteiger partial charge in [0.1, 0.15) is 0 Å². The Hall–Kier alpha value is -10.7. The number of thiophene rings is 1. The number of benzene rings is 13. The van der Waals surface area contributed by atoms with Crippen LogP contribution in [-0.4, -0.2) is 15.8 Å². The van der Waals surface area contributed by atoms with E-state index in [0.29, 0.717) is 5.69 Å². The van der Waals surface area contributed by atoms with Crippen molar-refractivity contribution in [3.63, 3.8) is 0 Å². The highest BCUT2D eigenvalue weighted by atomic mass is 32.1. The molecule has 0 radical (unpaired) electrons. The predicted molar refractivity (Wildman–Crippen MR) is 452 cm³/mol. The zero-order valence-electron chi connectivity index (χ0n) is 70.1. The molecule has 0 unspecified atom stereocenters. The molecule has 0 atom stereocenters. The van der Waals surface area contributed by atoms with Crippen LogP contribution in [0.5, 0.6) is 0 Å². The van der Waals surface area contributed by atoms with Crippen LogP contribution >= 0.6 is 11.3 Å². The second-order valence-corrected chi connectivity index (χ2v) is 35.0. The summed E-state index contributed by atoms with van der Waals surface area (Å²) >= 11 is 1.78.